The summed E-state index contributed by atoms with van der Waals surface area (Å²) in [7, 11) is 0. The molecule has 2 heterocycles. The van der Waals surface area contributed by atoms with Gasteiger partial charge in [0.25, 0.3) is 0 Å². The van der Waals surface area contributed by atoms with Crippen LogP contribution in [0, 0.1) is 12.3 Å². The minimum absolute atomic E-state index is 0.248. The van der Waals surface area contributed by atoms with E-state index in [9.17, 15) is 14.7 Å². The van der Waals surface area contributed by atoms with Gasteiger partial charge < -0.3 is 20.5 Å². The summed E-state index contributed by atoms with van der Waals surface area (Å²) in [5.41, 5.74) is 8.25. The number of rotatable bonds is 4. The first kappa shape index (κ1) is 16.9. The Morgan fingerprint density at radius 2 is 2.08 bits per heavy atom. The number of benzene rings is 1. The van der Waals surface area contributed by atoms with Crippen molar-refractivity contribution in [1.82, 2.24) is 4.90 Å². The highest BCUT2D eigenvalue weighted by Crippen LogP contribution is 2.33. The highest BCUT2D eigenvalue weighted by Gasteiger charge is 2.35. The Morgan fingerprint density at radius 3 is 2.71 bits per heavy atom. The monoisotopic (exact) mass is 332 g/mol. The first-order valence-electron chi connectivity index (χ1n) is 8.31. The number of esters is 1. The fourth-order valence-corrected chi connectivity index (χ4v) is 3.55. The van der Waals surface area contributed by atoms with E-state index in [4.69, 9.17) is 10.5 Å². The minimum atomic E-state index is -0.635. The van der Waals surface area contributed by atoms with E-state index < -0.39 is 11.5 Å². The number of piperidine rings is 1. The SMILES string of the molecule is Cc1c(C(O)CN2CCC(C)(C(N)=O)CC2)ccc2c1COC2=O. The fourth-order valence-electron chi connectivity index (χ4n) is 3.55. The second-order valence-electron chi connectivity index (χ2n) is 7.12. The smallest absolute Gasteiger partial charge is 0.338 e. The Bertz CT molecular complexity index is 678. The molecule has 6 nitrogen and oxygen atoms in total. The molecule has 2 aliphatic rings. The summed E-state index contributed by atoms with van der Waals surface area (Å²) in [5, 5.41) is 10.6. The van der Waals surface area contributed by atoms with Crippen LogP contribution in [0.25, 0.3) is 0 Å². The number of fused-ring (bicyclic) bond motifs is 1. The molecule has 0 spiro atoms. The molecule has 1 saturated heterocycles. The van der Waals surface area contributed by atoms with E-state index in [0.29, 0.717) is 24.9 Å². The third-order valence-corrected chi connectivity index (χ3v) is 5.55. The topological polar surface area (TPSA) is 92.9 Å². The summed E-state index contributed by atoms with van der Waals surface area (Å²) in [6.45, 7) is 6.08. The lowest BCUT2D eigenvalue weighted by atomic mass is 9.79. The molecular formula is C18H24N2O4. The maximum Gasteiger partial charge on any atom is 0.338 e. The van der Waals surface area contributed by atoms with Crippen LogP contribution in [0.1, 0.15) is 52.9 Å². The van der Waals surface area contributed by atoms with E-state index in [1.807, 2.05) is 19.9 Å². The van der Waals surface area contributed by atoms with Gasteiger partial charge in [-0.15, -0.1) is 0 Å². The van der Waals surface area contributed by atoms with Gasteiger partial charge in [0.05, 0.1) is 11.7 Å². The number of likely N-dealkylation sites (tertiary alicyclic amines) is 1. The maximum absolute atomic E-state index is 11.6. The second kappa shape index (κ2) is 6.18. The number of carbonyl (C=O) groups is 2. The molecule has 2 aliphatic heterocycles. The molecule has 130 valence electrons. The van der Waals surface area contributed by atoms with Gasteiger partial charge in [-0.25, -0.2) is 4.79 Å². The standard InChI is InChI=1S/C18H24N2O4/c1-11-12(3-4-13-14(11)10-24-16(13)22)15(21)9-20-7-5-18(2,6-8-20)17(19)23/h3-4,15,21H,5-10H2,1-2H3,(H2,19,23). The molecule has 1 amide bonds. The number of hydrogen-bond donors (Lipinski definition) is 2. The van der Waals surface area contributed by atoms with Crippen LogP contribution in [0.2, 0.25) is 0 Å². The van der Waals surface area contributed by atoms with Crippen LogP contribution in [0.5, 0.6) is 0 Å². The van der Waals surface area contributed by atoms with Crippen molar-refractivity contribution in [3.63, 3.8) is 0 Å². The molecule has 3 N–H and O–H groups in total. The van der Waals surface area contributed by atoms with E-state index >= 15 is 0 Å². The van der Waals surface area contributed by atoms with Crippen molar-refractivity contribution in [2.45, 2.75) is 39.4 Å². The van der Waals surface area contributed by atoms with Crippen LogP contribution in [-0.4, -0.2) is 41.5 Å². The van der Waals surface area contributed by atoms with Crippen molar-refractivity contribution < 1.29 is 19.4 Å². The molecule has 1 unspecified atom stereocenters. The molecule has 0 aromatic heterocycles. The largest absolute Gasteiger partial charge is 0.457 e. The van der Waals surface area contributed by atoms with E-state index in [-0.39, 0.29) is 18.5 Å². The van der Waals surface area contributed by atoms with E-state index in [1.165, 1.54) is 0 Å². The highest BCUT2D eigenvalue weighted by molar-refractivity contribution is 5.93. The molecule has 1 aromatic carbocycles. The van der Waals surface area contributed by atoms with E-state index in [0.717, 1.165) is 29.8 Å². The van der Waals surface area contributed by atoms with Gasteiger partial charge in [0.2, 0.25) is 5.91 Å². The van der Waals surface area contributed by atoms with Crippen LogP contribution in [0.4, 0.5) is 0 Å². The lowest BCUT2D eigenvalue weighted by Crippen LogP contribution is -2.46. The van der Waals surface area contributed by atoms with Gasteiger partial charge in [0.1, 0.15) is 6.61 Å². The van der Waals surface area contributed by atoms with Gasteiger partial charge in [-0.3, -0.25) is 4.79 Å². The lowest BCUT2D eigenvalue weighted by molar-refractivity contribution is -0.129. The Kier molecular flexibility index (Phi) is 4.36. The molecule has 0 aliphatic carbocycles. The van der Waals surface area contributed by atoms with Crippen LogP contribution in [0.15, 0.2) is 12.1 Å². The van der Waals surface area contributed by atoms with Crippen LogP contribution < -0.4 is 5.73 Å². The first-order valence-corrected chi connectivity index (χ1v) is 8.31. The molecule has 6 heteroatoms. The molecule has 24 heavy (non-hydrogen) atoms. The lowest BCUT2D eigenvalue weighted by Gasteiger charge is -2.38. The molecule has 3 rings (SSSR count). The third kappa shape index (κ3) is 2.91. The summed E-state index contributed by atoms with van der Waals surface area (Å²) in [6, 6.07) is 3.54. The average Bonchev–Trinajstić information content (AvgIpc) is 2.92. The van der Waals surface area contributed by atoms with Crippen molar-refractivity contribution >= 4 is 11.9 Å². The summed E-state index contributed by atoms with van der Waals surface area (Å²) >= 11 is 0. The molecule has 1 aromatic rings. The van der Waals surface area contributed by atoms with Gasteiger partial charge in [0.15, 0.2) is 0 Å². The normalized spacial score (nSPS) is 21.2. The molecule has 0 bridgehead atoms. The number of cyclic esters (lactones) is 1. The average molecular weight is 332 g/mol. The third-order valence-electron chi connectivity index (χ3n) is 5.55. The maximum atomic E-state index is 11.6. The number of hydrogen-bond acceptors (Lipinski definition) is 5. The summed E-state index contributed by atoms with van der Waals surface area (Å²) in [5.74, 6) is -0.544. The number of nitrogens with two attached hydrogens (primary N) is 1. The zero-order valence-electron chi connectivity index (χ0n) is 14.2. The Balaban J connectivity index is 1.68. The zero-order valence-corrected chi connectivity index (χ0v) is 14.2. The number of aliphatic hydroxyl groups excluding tert-OH is 1. The van der Waals surface area contributed by atoms with Crippen LogP contribution in [0.3, 0.4) is 0 Å². The van der Waals surface area contributed by atoms with Crippen molar-refractivity contribution in [2.24, 2.45) is 11.1 Å². The minimum Gasteiger partial charge on any atom is -0.457 e. The molecule has 0 saturated carbocycles. The molecule has 1 fully saturated rings. The van der Waals surface area contributed by atoms with Gasteiger partial charge >= 0.3 is 5.97 Å². The van der Waals surface area contributed by atoms with Gasteiger partial charge in [-0.05, 0) is 50.0 Å². The number of carbonyl (C=O) groups excluding carboxylic acids is 2. The highest BCUT2D eigenvalue weighted by atomic mass is 16.5. The molecular weight excluding hydrogens is 308 g/mol. The summed E-state index contributed by atoms with van der Waals surface area (Å²) in [4.78, 5) is 25.3. The number of primary amides is 1. The Hall–Kier alpha value is -1.92. The Morgan fingerprint density at radius 1 is 1.42 bits per heavy atom. The van der Waals surface area contributed by atoms with Crippen LogP contribution in [-0.2, 0) is 16.1 Å². The van der Waals surface area contributed by atoms with Crippen molar-refractivity contribution in [2.75, 3.05) is 19.6 Å². The number of β-amino-alcohol motifs (C(OH)–C–C–N with tert-alkyl or cyclic N) is 1. The van der Waals surface area contributed by atoms with Crippen molar-refractivity contribution in [3.05, 3.63) is 34.4 Å². The quantitative estimate of drug-likeness (QED) is 0.811. The van der Waals surface area contributed by atoms with Gasteiger partial charge in [0, 0.05) is 17.5 Å². The number of aliphatic hydroxyl groups is 1. The van der Waals surface area contributed by atoms with Crippen molar-refractivity contribution in [1.29, 1.82) is 0 Å². The molecule has 0 radical (unpaired) electrons. The van der Waals surface area contributed by atoms with E-state index in [2.05, 4.69) is 4.90 Å². The zero-order chi connectivity index (χ0) is 17.5. The van der Waals surface area contributed by atoms with Crippen LogP contribution >= 0.6 is 0 Å². The summed E-state index contributed by atoms with van der Waals surface area (Å²) < 4.78 is 5.06. The fraction of sp³-hybridized carbons (Fsp3) is 0.556. The predicted molar refractivity (Wildman–Crippen MR) is 88.2 cm³/mol. The second-order valence-corrected chi connectivity index (χ2v) is 7.12. The number of nitrogens with zero attached hydrogens (tertiary/aromatic N) is 1. The van der Waals surface area contributed by atoms with E-state index in [1.54, 1.807) is 6.07 Å². The summed E-state index contributed by atoms with van der Waals surface area (Å²) in [6.07, 6.45) is 0.783. The van der Waals surface area contributed by atoms with Gasteiger partial charge in [-0.1, -0.05) is 13.0 Å². The Labute approximate surface area is 141 Å². The predicted octanol–water partition coefficient (Wildman–Crippen LogP) is 1.29. The van der Waals surface area contributed by atoms with Crippen molar-refractivity contribution in [3.8, 4) is 0 Å². The molecule has 1 atom stereocenters. The first-order chi connectivity index (χ1) is 11.3. The van der Waals surface area contributed by atoms with Gasteiger partial charge in [-0.2, -0.15) is 0 Å². The number of amides is 1. The number of ether oxygens (including phenoxy) is 1.